The van der Waals surface area contributed by atoms with E-state index in [1.54, 1.807) is 0 Å². The lowest BCUT2D eigenvalue weighted by atomic mass is 10.1. The van der Waals surface area contributed by atoms with Crippen molar-refractivity contribution in [3.8, 4) is 0 Å². The number of carboxylic acid groups (broad SMARTS) is 1. The first-order valence-electron chi connectivity index (χ1n) is 7.78. The molecule has 2 rings (SSSR count). The van der Waals surface area contributed by atoms with E-state index in [0.29, 0.717) is 0 Å². The number of carbonyl (C=O) groups excluding carboxylic acids is 2. The fourth-order valence-corrected chi connectivity index (χ4v) is 1.96. The number of carboxylic acids is 1. The minimum atomic E-state index is -1.10. The van der Waals surface area contributed by atoms with Crippen molar-refractivity contribution < 1.29 is 24.2 Å². The van der Waals surface area contributed by atoms with Crippen LogP contribution in [0.15, 0.2) is 60.7 Å². The highest BCUT2D eigenvalue weighted by Crippen LogP contribution is 2.05. The zero-order valence-corrected chi connectivity index (χ0v) is 15.0. The van der Waals surface area contributed by atoms with Crippen LogP contribution < -0.4 is 5.32 Å². The highest BCUT2D eigenvalue weighted by atomic mass is 35.5. The second-order valence-corrected chi connectivity index (χ2v) is 5.79. The van der Waals surface area contributed by atoms with Crippen molar-refractivity contribution in [1.29, 1.82) is 0 Å². The van der Waals surface area contributed by atoms with E-state index in [9.17, 15) is 19.5 Å². The summed E-state index contributed by atoms with van der Waals surface area (Å²) in [6, 6.07) is 17.3. The Morgan fingerprint density at radius 3 is 1.92 bits per heavy atom. The molecule has 0 spiro atoms. The number of hydrogen-bond acceptors (Lipinski definition) is 4. The molecule has 0 unspecified atom stereocenters. The molecule has 2 N–H and O–H groups in total. The van der Waals surface area contributed by atoms with Crippen LogP contribution in [0.25, 0.3) is 0 Å². The highest BCUT2D eigenvalue weighted by Gasteiger charge is 2.21. The molecule has 1 amide bonds. The maximum atomic E-state index is 11.7. The van der Waals surface area contributed by atoms with Gasteiger partial charge in [-0.25, -0.2) is 9.59 Å². The van der Waals surface area contributed by atoms with Crippen LogP contribution >= 0.6 is 11.6 Å². The Morgan fingerprint density at radius 2 is 1.46 bits per heavy atom. The van der Waals surface area contributed by atoms with Gasteiger partial charge >= 0.3 is 12.1 Å². The molecule has 0 radical (unpaired) electrons. The summed E-state index contributed by atoms with van der Waals surface area (Å²) in [5, 5.41) is 11.2. The molecule has 2 aromatic rings. The van der Waals surface area contributed by atoms with Crippen molar-refractivity contribution in [2.45, 2.75) is 26.0 Å². The van der Waals surface area contributed by atoms with Gasteiger partial charge in [0.25, 0.3) is 0 Å². The molecule has 138 valence electrons. The van der Waals surface area contributed by atoms with Crippen LogP contribution in [0.4, 0.5) is 4.79 Å². The van der Waals surface area contributed by atoms with Crippen LogP contribution in [0.2, 0.25) is 0 Å². The lowest BCUT2D eigenvalue weighted by Gasteiger charge is -2.14. The molecule has 2 aromatic carbocycles. The van der Waals surface area contributed by atoms with Crippen LogP contribution in [-0.4, -0.2) is 28.5 Å². The molecule has 0 aliphatic rings. The molecular formula is C19H20ClNO5. The normalized spacial score (nSPS) is 10.7. The second kappa shape index (κ2) is 11.7. The van der Waals surface area contributed by atoms with E-state index in [1.807, 2.05) is 60.7 Å². The van der Waals surface area contributed by atoms with Gasteiger partial charge in [0, 0.05) is 13.3 Å². The molecule has 0 heterocycles. The van der Waals surface area contributed by atoms with Gasteiger partial charge < -0.3 is 15.2 Å². The van der Waals surface area contributed by atoms with E-state index in [1.165, 1.54) is 6.92 Å². The molecule has 0 fully saturated rings. The van der Waals surface area contributed by atoms with Crippen LogP contribution in [-0.2, 0) is 27.4 Å². The number of rotatable bonds is 6. The van der Waals surface area contributed by atoms with Gasteiger partial charge in [-0.1, -0.05) is 60.7 Å². The third kappa shape index (κ3) is 9.44. The minimum absolute atomic E-state index is 0.102. The molecule has 0 aromatic heterocycles. The number of halogens is 1. The first kappa shape index (κ1) is 21.2. The third-order valence-electron chi connectivity index (χ3n) is 3.09. The smallest absolute Gasteiger partial charge is 0.408 e. The van der Waals surface area contributed by atoms with Gasteiger partial charge in [-0.3, -0.25) is 4.79 Å². The molecule has 26 heavy (non-hydrogen) atoms. The summed E-state index contributed by atoms with van der Waals surface area (Å²) in [4.78, 5) is 32.2. The Bertz CT molecular complexity index is 702. The zero-order chi connectivity index (χ0) is 19.4. The van der Waals surface area contributed by atoms with Crippen molar-refractivity contribution in [3.05, 3.63) is 71.8 Å². The molecule has 1 atom stereocenters. The van der Waals surface area contributed by atoms with E-state index in [4.69, 9.17) is 4.74 Å². The summed E-state index contributed by atoms with van der Waals surface area (Å²) < 4.78 is 5.03. The van der Waals surface area contributed by atoms with E-state index >= 15 is 0 Å². The number of ether oxygens (including phenoxy) is 1. The molecule has 0 saturated carbocycles. The number of nitrogens with one attached hydrogen (secondary N) is 1. The molecule has 0 aliphatic carbocycles. The van der Waals surface area contributed by atoms with Gasteiger partial charge in [-0.2, -0.15) is 0 Å². The molecule has 6 nitrogen and oxygen atoms in total. The average molecular weight is 378 g/mol. The Balaban J connectivity index is 0.000000765. The Morgan fingerprint density at radius 1 is 1.00 bits per heavy atom. The molecule has 0 aliphatic heterocycles. The summed E-state index contributed by atoms with van der Waals surface area (Å²) in [6.45, 7) is 1.39. The summed E-state index contributed by atoms with van der Waals surface area (Å²) in [5.74, 6) is -1.10. The maximum absolute atomic E-state index is 11.7. The van der Waals surface area contributed by atoms with Gasteiger partial charge in [-0.05, 0) is 22.7 Å². The topological polar surface area (TPSA) is 92.7 Å². The summed E-state index contributed by atoms with van der Waals surface area (Å²) in [7, 11) is 0. The number of aliphatic carboxylic acids is 1. The van der Waals surface area contributed by atoms with Crippen molar-refractivity contribution in [3.63, 3.8) is 0 Å². The Hall–Kier alpha value is -2.86. The van der Waals surface area contributed by atoms with E-state index in [-0.39, 0.29) is 18.3 Å². The predicted octanol–water partition coefficient (Wildman–Crippen LogP) is 3.38. The summed E-state index contributed by atoms with van der Waals surface area (Å²) in [5.41, 5.74) is 1.67. The van der Waals surface area contributed by atoms with E-state index < -0.39 is 18.1 Å². The standard InChI is InChI=1S/C17H17NO4.C2H3ClO/c19-16(20)15(11-13-7-3-1-4-8-13)18-17(21)22-12-14-9-5-2-6-10-14;1-2(3)4/h1-10,15H,11-12H2,(H,18,21)(H,19,20);1H3/t15-;/m0./s1. The number of benzene rings is 2. The summed E-state index contributed by atoms with van der Waals surface area (Å²) >= 11 is 4.64. The fourth-order valence-electron chi connectivity index (χ4n) is 1.96. The van der Waals surface area contributed by atoms with Gasteiger partial charge in [0.2, 0.25) is 5.24 Å². The SMILES string of the molecule is CC(=O)Cl.O=C(N[C@@H](Cc1ccccc1)C(=O)O)OCc1ccccc1. The lowest BCUT2D eigenvalue weighted by Crippen LogP contribution is -2.42. The highest BCUT2D eigenvalue weighted by molar-refractivity contribution is 6.62. The van der Waals surface area contributed by atoms with Gasteiger partial charge in [0.05, 0.1) is 0 Å². The van der Waals surface area contributed by atoms with E-state index in [0.717, 1.165) is 11.1 Å². The largest absolute Gasteiger partial charge is 0.480 e. The van der Waals surface area contributed by atoms with Crippen molar-refractivity contribution in [2.24, 2.45) is 0 Å². The summed E-state index contributed by atoms with van der Waals surface area (Å²) in [6.07, 6.45) is -0.538. The Labute approximate surface area is 156 Å². The molecule has 0 bridgehead atoms. The molecule has 0 saturated heterocycles. The van der Waals surface area contributed by atoms with Crippen molar-refractivity contribution >= 4 is 28.9 Å². The predicted molar refractivity (Wildman–Crippen MR) is 97.9 cm³/mol. The number of carbonyl (C=O) groups is 3. The van der Waals surface area contributed by atoms with Crippen LogP contribution in [0.1, 0.15) is 18.1 Å². The minimum Gasteiger partial charge on any atom is -0.480 e. The van der Waals surface area contributed by atoms with Gasteiger partial charge in [0.15, 0.2) is 0 Å². The second-order valence-electron chi connectivity index (χ2n) is 5.26. The maximum Gasteiger partial charge on any atom is 0.408 e. The zero-order valence-electron chi connectivity index (χ0n) is 14.2. The average Bonchev–Trinajstić information content (AvgIpc) is 2.60. The van der Waals surface area contributed by atoms with Gasteiger partial charge in [-0.15, -0.1) is 0 Å². The molecule has 7 heteroatoms. The molecular weight excluding hydrogens is 358 g/mol. The number of hydrogen-bond donors (Lipinski definition) is 2. The van der Waals surface area contributed by atoms with Crippen molar-refractivity contribution in [2.75, 3.05) is 0 Å². The quantitative estimate of drug-likeness (QED) is 0.753. The Kier molecular flexibility index (Phi) is 9.49. The van der Waals surface area contributed by atoms with Crippen LogP contribution in [0.5, 0.6) is 0 Å². The monoisotopic (exact) mass is 377 g/mol. The first-order valence-corrected chi connectivity index (χ1v) is 8.16. The number of alkyl carbamates (subject to hydrolysis) is 1. The van der Waals surface area contributed by atoms with Crippen LogP contribution in [0, 0.1) is 0 Å². The third-order valence-corrected chi connectivity index (χ3v) is 3.09. The van der Waals surface area contributed by atoms with E-state index in [2.05, 4.69) is 16.9 Å². The fraction of sp³-hybridized carbons (Fsp3) is 0.211. The van der Waals surface area contributed by atoms with Crippen molar-refractivity contribution in [1.82, 2.24) is 5.32 Å². The number of amides is 1. The first-order chi connectivity index (χ1) is 12.4. The van der Waals surface area contributed by atoms with Gasteiger partial charge in [0.1, 0.15) is 12.6 Å². The van der Waals surface area contributed by atoms with Crippen LogP contribution in [0.3, 0.4) is 0 Å². The lowest BCUT2D eigenvalue weighted by molar-refractivity contribution is -0.139.